The van der Waals surface area contributed by atoms with Crippen molar-refractivity contribution >= 4 is 11.6 Å². The Bertz CT molecular complexity index is 370. The van der Waals surface area contributed by atoms with Crippen LogP contribution in [0.1, 0.15) is 20.3 Å². The predicted molar refractivity (Wildman–Crippen MR) is 60.3 cm³/mol. The summed E-state index contributed by atoms with van der Waals surface area (Å²) in [7, 11) is 0. The molecule has 0 radical (unpaired) electrons. The van der Waals surface area contributed by atoms with Crippen LogP contribution in [0.4, 0.5) is 10.1 Å². The molecule has 0 saturated heterocycles. The summed E-state index contributed by atoms with van der Waals surface area (Å²) in [5, 5.41) is 2.45. The third-order valence-electron chi connectivity index (χ3n) is 2.59. The van der Waals surface area contributed by atoms with Crippen molar-refractivity contribution < 1.29 is 9.18 Å². The minimum atomic E-state index is -0.627. The van der Waals surface area contributed by atoms with Crippen molar-refractivity contribution in [1.29, 1.82) is 0 Å². The Morgan fingerprint density at radius 2 is 2.38 bits per heavy atom. The second kappa shape index (κ2) is 5.55. The van der Waals surface area contributed by atoms with Gasteiger partial charge in [-0.25, -0.2) is 4.39 Å². The Labute approximate surface area is 94.1 Å². The lowest BCUT2D eigenvalue weighted by Crippen LogP contribution is -2.40. The third kappa shape index (κ3) is 3.00. The topological polar surface area (TPSA) is 68.0 Å². The average molecular weight is 225 g/mol. The molecule has 1 rings (SSSR count). The van der Waals surface area contributed by atoms with E-state index in [1.54, 1.807) is 0 Å². The summed E-state index contributed by atoms with van der Waals surface area (Å²) in [4.78, 5) is 15.2. The number of anilines is 1. The minimum absolute atomic E-state index is 0.0601. The zero-order valence-electron chi connectivity index (χ0n) is 9.40. The van der Waals surface area contributed by atoms with Gasteiger partial charge < -0.3 is 11.1 Å². The zero-order valence-corrected chi connectivity index (χ0v) is 9.40. The van der Waals surface area contributed by atoms with Gasteiger partial charge in [-0.3, -0.25) is 9.78 Å². The summed E-state index contributed by atoms with van der Waals surface area (Å²) in [5.41, 5.74) is 5.83. The molecule has 88 valence electrons. The lowest BCUT2D eigenvalue weighted by atomic mass is 9.99. The fourth-order valence-corrected chi connectivity index (χ4v) is 1.20. The highest BCUT2D eigenvalue weighted by molar-refractivity contribution is 5.94. The first-order chi connectivity index (χ1) is 7.56. The van der Waals surface area contributed by atoms with E-state index >= 15 is 0 Å². The first-order valence-electron chi connectivity index (χ1n) is 5.22. The lowest BCUT2D eigenvalue weighted by Gasteiger charge is -2.17. The van der Waals surface area contributed by atoms with Crippen molar-refractivity contribution in [3.63, 3.8) is 0 Å². The molecule has 1 amide bonds. The molecule has 3 N–H and O–H groups in total. The number of hydrogen-bond acceptors (Lipinski definition) is 3. The monoisotopic (exact) mass is 225 g/mol. The van der Waals surface area contributed by atoms with Crippen molar-refractivity contribution in [2.24, 2.45) is 11.7 Å². The Kier molecular flexibility index (Phi) is 4.37. The first-order valence-corrected chi connectivity index (χ1v) is 5.22. The molecular weight excluding hydrogens is 209 g/mol. The van der Waals surface area contributed by atoms with Crippen LogP contribution in [0.5, 0.6) is 0 Å². The number of rotatable bonds is 4. The van der Waals surface area contributed by atoms with Gasteiger partial charge in [0, 0.05) is 6.20 Å². The number of aromatic nitrogens is 1. The van der Waals surface area contributed by atoms with E-state index in [1.165, 1.54) is 12.3 Å². The second-order valence-electron chi connectivity index (χ2n) is 3.76. The zero-order chi connectivity index (χ0) is 12.1. The van der Waals surface area contributed by atoms with Crippen molar-refractivity contribution in [3.8, 4) is 0 Å². The maximum absolute atomic E-state index is 13.2. The number of carbonyl (C=O) groups is 1. The summed E-state index contributed by atoms with van der Waals surface area (Å²) in [5.74, 6) is -0.878. The number of amides is 1. The summed E-state index contributed by atoms with van der Waals surface area (Å²) in [6.45, 7) is 3.83. The van der Waals surface area contributed by atoms with E-state index < -0.39 is 11.9 Å². The van der Waals surface area contributed by atoms with E-state index in [-0.39, 0.29) is 17.5 Å². The van der Waals surface area contributed by atoms with Gasteiger partial charge in [0.2, 0.25) is 5.91 Å². The van der Waals surface area contributed by atoms with Crippen LogP contribution < -0.4 is 11.1 Å². The molecule has 16 heavy (non-hydrogen) atoms. The van der Waals surface area contributed by atoms with Crippen molar-refractivity contribution in [1.82, 2.24) is 4.98 Å². The number of nitrogens with two attached hydrogens (primary N) is 1. The fraction of sp³-hybridized carbons (Fsp3) is 0.455. The molecule has 1 heterocycles. The Morgan fingerprint density at radius 3 is 2.94 bits per heavy atom. The number of carbonyl (C=O) groups excluding carboxylic acids is 1. The fourth-order valence-electron chi connectivity index (χ4n) is 1.20. The maximum atomic E-state index is 13.2. The van der Waals surface area contributed by atoms with Crippen LogP contribution in [-0.2, 0) is 4.79 Å². The number of nitrogens with one attached hydrogen (secondary N) is 1. The van der Waals surface area contributed by atoms with Gasteiger partial charge in [0.15, 0.2) is 5.82 Å². The van der Waals surface area contributed by atoms with Crippen molar-refractivity contribution in [2.75, 3.05) is 5.32 Å². The SMILES string of the molecule is CCC(C)C(N)C(=O)Nc1ccncc1F. The highest BCUT2D eigenvalue weighted by atomic mass is 19.1. The van der Waals surface area contributed by atoms with E-state index in [9.17, 15) is 9.18 Å². The largest absolute Gasteiger partial charge is 0.322 e. The molecular formula is C11H16FN3O. The van der Waals surface area contributed by atoms with Crippen LogP contribution >= 0.6 is 0 Å². The molecule has 0 saturated carbocycles. The van der Waals surface area contributed by atoms with E-state index in [4.69, 9.17) is 5.73 Å². The summed E-state index contributed by atoms with van der Waals surface area (Å²) < 4.78 is 13.2. The minimum Gasteiger partial charge on any atom is -0.322 e. The summed E-state index contributed by atoms with van der Waals surface area (Å²) in [6.07, 6.45) is 3.26. The van der Waals surface area contributed by atoms with E-state index in [2.05, 4.69) is 10.3 Å². The standard InChI is InChI=1S/C11H16FN3O/c1-3-7(2)10(13)11(16)15-9-4-5-14-6-8(9)12/h4-7,10H,3,13H2,1-2H3,(H,14,15,16). The Balaban J connectivity index is 2.68. The van der Waals surface area contributed by atoms with Gasteiger partial charge >= 0.3 is 0 Å². The average Bonchev–Trinajstić information content (AvgIpc) is 2.30. The lowest BCUT2D eigenvalue weighted by molar-refractivity contribution is -0.118. The Morgan fingerprint density at radius 1 is 1.69 bits per heavy atom. The predicted octanol–water partition coefficient (Wildman–Crippen LogP) is 1.53. The van der Waals surface area contributed by atoms with Gasteiger partial charge in [-0.1, -0.05) is 20.3 Å². The molecule has 0 aliphatic carbocycles. The highest BCUT2D eigenvalue weighted by Gasteiger charge is 2.20. The van der Waals surface area contributed by atoms with Gasteiger partial charge in [-0.15, -0.1) is 0 Å². The van der Waals surface area contributed by atoms with E-state index in [0.29, 0.717) is 0 Å². The van der Waals surface area contributed by atoms with Crippen LogP contribution in [0.25, 0.3) is 0 Å². The third-order valence-corrected chi connectivity index (χ3v) is 2.59. The molecule has 4 nitrogen and oxygen atoms in total. The maximum Gasteiger partial charge on any atom is 0.241 e. The molecule has 5 heteroatoms. The van der Waals surface area contributed by atoms with E-state index in [1.807, 2.05) is 13.8 Å². The number of pyridine rings is 1. The molecule has 0 spiro atoms. The van der Waals surface area contributed by atoms with Crippen molar-refractivity contribution in [3.05, 3.63) is 24.3 Å². The van der Waals surface area contributed by atoms with Crippen LogP contribution in [0.15, 0.2) is 18.5 Å². The van der Waals surface area contributed by atoms with Gasteiger partial charge in [0.25, 0.3) is 0 Å². The quantitative estimate of drug-likeness (QED) is 0.816. The van der Waals surface area contributed by atoms with E-state index in [0.717, 1.165) is 12.6 Å². The van der Waals surface area contributed by atoms with Crippen LogP contribution in [0, 0.1) is 11.7 Å². The van der Waals surface area contributed by atoms with Gasteiger partial charge in [-0.2, -0.15) is 0 Å². The normalized spacial score (nSPS) is 14.2. The number of hydrogen-bond donors (Lipinski definition) is 2. The molecule has 0 aliphatic heterocycles. The van der Waals surface area contributed by atoms with Gasteiger partial charge in [0.1, 0.15) is 0 Å². The first kappa shape index (κ1) is 12.6. The number of halogens is 1. The molecule has 0 aromatic carbocycles. The van der Waals surface area contributed by atoms with Crippen molar-refractivity contribution in [2.45, 2.75) is 26.3 Å². The molecule has 0 bridgehead atoms. The Hall–Kier alpha value is -1.49. The van der Waals surface area contributed by atoms with Crippen LogP contribution in [0.2, 0.25) is 0 Å². The number of nitrogens with zero attached hydrogens (tertiary/aromatic N) is 1. The van der Waals surface area contributed by atoms with Crippen LogP contribution in [0.3, 0.4) is 0 Å². The summed E-state index contributed by atoms with van der Waals surface area (Å²) >= 11 is 0. The highest BCUT2D eigenvalue weighted by Crippen LogP contribution is 2.13. The van der Waals surface area contributed by atoms with Gasteiger partial charge in [0.05, 0.1) is 17.9 Å². The molecule has 2 unspecified atom stereocenters. The molecule has 1 aromatic rings. The summed E-state index contributed by atoms with van der Waals surface area (Å²) in [6, 6.07) is 0.772. The molecule has 0 fully saturated rings. The molecule has 2 atom stereocenters. The smallest absolute Gasteiger partial charge is 0.241 e. The molecule has 0 aliphatic rings. The van der Waals surface area contributed by atoms with Crippen LogP contribution in [-0.4, -0.2) is 16.9 Å². The van der Waals surface area contributed by atoms with Gasteiger partial charge in [-0.05, 0) is 12.0 Å². The molecule has 1 aromatic heterocycles. The second-order valence-corrected chi connectivity index (χ2v) is 3.76.